The second-order valence-corrected chi connectivity index (χ2v) is 5.66. The van der Waals surface area contributed by atoms with Gasteiger partial charge < -0.3 is 10.1 Å². The number of alkyl carbamates (subject to hydrolysis) is 1. The first-order chi connectivity index (χ1) is 7.69. The van der Waals surface area contributed by atoms with Gasteiger partial charge in [-0.05, 0) is 46.1 Å². The highest BCUT2D eigenvalue weighted by molar-refractivity contribution is 5.96. The van der Waals surface area contributed by atoms with Crippen molar-refractivity contribution >= 4 is 11.9 Å². The van der Waals surface area contributed by atoms with E-state index in [-0.39, 0.29) is 17.7 Å². The van der Waals surface area contributed by atoms with Crippen LogP contribution in [0.1, 0.15) is 40.5 Å². The molecule has 0 spiro atoms. The number of nitrogens with one attached hydrogen (secondary N) is 1. The summed E-state index contributed by atoms with van der Waals surface area (Å²) in [5.41, 5.74) is 0.103. The van der Waals surface area contributed by atoms with Crippen LogP contribution in [0.3, 0.4) is 0 Å². The molecule has 0 unspecified atom stereocenters. The van der Waals surface area contributed by atoms with Gasteiger partial charge in [0.15, 0.2) is 5.78 Å². The van der Waals surface area contributed by atoms with Crippen molar-refractivity contribution in [2.24, 2.45) is 5.92 Å². The van der Waals surface area contributed by atoms with Gasteiger partial charge >= 0.3 is 6.09 Å². The van der Waals surface area contributed by atoms with Crippen molar-refractivity contribution < 1.29 is 14.3 Å². The highest BCUT2D eigenvalue weighted by Gasteiger charge is 2.35. The molecule has 0 saturated heterocycles. The fourth-order valence-corrected chi connectivity index (χ4v) is 1.77. The Balaban J connectivity index is 2.28. The van der Waals surface area contributed by atoms with Crippen LogP contribution < -0.4 is 5.32 Å². The van der Waals surface area contributed by atoms with Crippen LogP contribution in [0.15, 0.2) is 12.2 Å². The molecule has 0 aliphatic heterocycles. The fraction of sp³-hybridized carbons (Fsp3) is 0.692. The standard InChI is InChI=1S/C13H21NO3/c1-8(2)11(15)9-6-10(7-9)14-12(16)17-13(3,4)5/h9-10H,1,6-7H2,2-5H3,(H,14,16). The van der Waals surface area contributed by atoms with Crippen LogP contribution in [0.5, 0.6) is 0 Å². The minimum atomic E-state index is -0.485. The molecule has 0 bridgehead atoms. The quantitative estimate of drug-likeness (QED) is 0.769. The van der Waals surface area contributed by atoms with Crippen molar-refractivity contribution in [2.45, 2.75) is 52.2 Å². The van der Waals surface area contributed by atoms with Gasteiger partial charge in [-0.3, -0.25) is 4.79 Å². The average Bonchev–Trinajstić information content (AvgIpc) is 2.06. The topological polar surface area (TPSA) is 55.4 Å². The number of hydrogen-bond acceptors (Lipinski definition) is 3. The third kappa shape index (κ3) is 4.21. The molecule has 1 N–H and O–H groups in total. The van der Waals surface area contributed by atoms with E-state index >= 15 is 0 Å². The molecular formula is C13H21NO3. The molecule has 0 aromatic rings. The lowest BCUT2D eigenvalue weighted by molar-refractivity contribution is -0.122. The second-order valence-electron chi connectivity index (χ2n) is 5.66. The summed E-state index contributed by atoms with van der Waals surface area (Å²) in [4.78, 5) is 23.0. The van der Waals surface area contributed by atoms with Crippen molar-refractivity contribution in [1.82, 2.24) is 5.32 Å². The zero-order valence-electron chi connectivity index (χ0n) is 11.0. The van der Waals surface area contributed by atoms with Gasteiger partial charge in [0.1, 0.15) is 5.60 Å². The molecule has 1 rings (SSSR count). The Bertz CT molecular complexity index is 335. The predicted octanol–water partition coefficient (Wildman–Crippen LogP) is 2.43. The molecule has 0 aromatic carbocycles. The van der Waals surface area contributed by atoms with E-state index in [1.807, 2.05) is 20.8 Å². The minimum absolute atomic E-state index is 0.0208. The van der Waals surface area contributed by atoms with Gasteiger partial charge in [-0.1, -0.05) is 6.58 Å². The lowest BCUT2D eigenvalue weighted by Gasteiger charge is -2.35. The summed E-state index contributed by atoms with van der Waals surface area (Å²) in [6.07, 6.45) is 0.958. The van der Waals surface area contributed by atoms with Gasteiger partial charge in [-0.25, -0.2) is 4.79 Å². The van der Waals surface area contributed by atoms with Crippen LogP contribution in [-0.4, -0.2) is 23.5 Å². The van der Waals surface area contributed by atoms with Crippen LogP contribution in [0.4, 0.5) is 4.79 Å². The van der Waals surface area contributed by atoms with E-state index in [1.165, 1.54) is 0 Å². The molecule has 0 aromatic heterocycles. The van der Waals surface area contributed by atoms with Crippen LogP contribution in [0.2, 0.25) is 0 Å². The highest BCUT2D eigenvalue weighted by atomic mass is 16.6. The van der Waals surface area contributed by atoms with Crippen molar-refractivity contribution in [3.63, 3.8) is 0 Å². The molecule has 4 nitrogen and oxygen atoms in total. The van der Waals surface area contributed by atoms with Crippen LogP contribution >= 0.6 is 0 Å². The number of ketones is 1. The molecular weight excluding hydrogens is 218 g/mol. The number of allylic oxidation sites excluding steroid dienone is 1. The Morgan fingerprint density at radius 3 is 2.24 bits per heavy atom. The Kier molecular flexibility index (Phi) is 3.96. The molecule has 0 heterocycles. The summed E-state index contributed by atoms with van der Waals surface area (Å²) < 4.78 is 5.13. The lowest BCUT2D eigenvalue weighted by Crippen LogP contribution is -2.48. The van der Waals surface area contributed by atoms with E-state index in [1.54, 1.807) is 6.92 Å². The van der Waals surface area contributed by atoms with Gasteiger partial charge in [0, 0.05) is 12.0 Å². The number of rotatable bonds is 3. The van der Waals surface area contributed by atoms with Crippen molar-refractivity contribution in [1.29, 1.82) is 0 Å². The molecule has 4 heteroatoms. The smallest absolute Gasteiger partial charge is 0.407 e. The summed E-state index contributed by atoms with van der Waals surface area (Å²) in [6, 6.07) is 0.0538. The fourth-order valence-electron chi connectivity index (χ4n) is 1.77. The summed E-state index contributed by atoms with van der Waals surface area (Å²) in [7, 11) is 0. The Morgan fingerprint density at radius 2 is 1.82 bits per heavy atom. The third-order valence-electron chi connectivity index (χ3n) is 2.65. The van der Waals surface area contributed by atoms with E-state index in [0.29, 0.717) is 18.4 Å². The number of amides is 1. The largest absolute Gasteiger partial charge is 0.444 e. The monoisotopic (exact) mass is 239 g/mol. The summed E-state index contributed by atoms with van der Waals surface area (Å²) in [5, 5.41) is 2.75. The van der Waals surface area contributed by atoms with Crippen LogP contribution in [-0.2, 0) is 9.53 Å². The SMILES string of the molecule is C=C(C)C(=O)C1CC(NC(=O)OC(C)(C)C)C1. The van der Waals surface area contributed by atoms with Gasteiger partial charge in [0.2, 0.25) is 0 Å². The maximum absolute atomic E-state index is 11.5. The maximum Gasteiger partial charge on any atom is 0.407 e. The number of carbonyl (C=O) groups is 2. The Morgan fingerprint density at radius 1 is 1.29 bits per heavy atom. The number of ether oxygens (including phenoxy) is 1. The van der Waals surface area contributed by atoms with E-state index in [4.69, 9.17) is 4.74 Å². The third-order valence-corrected chi connectivity index (χ3v) is 2.65. The molecule has 17 heavy (non-hydrogen) atoms. The highest BCUT2D eigenvalue weighted by Crippen LogP contribution is 2.30. The van der Waals surface area contributed by atoms with E-state index in [9.17, 15) is 9.59 Å². The minimum Gasteiger partial charge on any atom is -0.444 e. The molecule has 1 aliphatic rings. The summed E-state index contributed by atoms with van der Waals surface area (Å²) in [5.74, 6) is 0.125. The molecule has 1 amide bonds. The van der Waals surface area contributed by atoms with Gasteiger partial charge in [0.05, 0.1) is 0 Å². The molecule has 1 saturated carbocycles. The first-order valence-electron chi connectivity index (χ1n) is 5.88. The van der Waals surface area contributed by atoms with Gasteiger partial charge in [-0.15, -0.1) is 0 Å². The number of carbonyl (C=O) groups excluding carboxylic acids is 2. The molecule has 0 atom stereocenters. The molecule has 96 valence electrons. The number of Topliss-reactive ketones (excluding diaryl/α,β-unsaturated/α-hetero) is 1. The predicted molar refractivity (Wildman–Crippen MR) is 65.7 cm³/mol. The van der Waals surface area contributed by atoms with E-state index < -0.39 is 11.7 Å². The molecule has 1 fully saturated rings. The van der Waals surface area contributed by atoms with Crippen molar-refractivity contribution in [2.75, 3.05) is 0 Å². The summed E-state index contributed by atoms with van der Waals surface area (Å²) >= 11 is 0. The molecule has 0 radical (unpaired) electrons. The first-order valence-corrected chi connectivity index (χ1v) is 5.88. The normalized spacial score (nSPS) is 23.5. The Labute approximate surface area is 102 Å². The van der Waals surface area contributed by atoms with E-state index in [2.05, 4.69) is 11.9 Å². The Hall–Kier alpha value is -1.32. The van der Waals surface area contributed by atoms with Gasteiger partial charge in [-0.2, -0.15) is 0 Å². The van der Waals surface area contributed by atoms with Crippen molar-refractivity contribution in [3.05, 3.63) is 12.2 Å². The van der Waals surface area contributed by atoms with Gasteiger partial charge in [0.25, 0.3) is 0 Å². The van der Waals surface area contributed by atoms with E-state index in [0.717, 1.165) is 0 Å². The zero-order chi connectivity index (χ0) is 13.2. The average molecular weight is 239 g/mol. The molecule has 1 aliphatic carbocycles. The van der Waals surface area contributed by atoms with Crippen LogP contribution in [0, 0.1) is 5.92 Å². The number of hydrogen-bond donors (Lipinski definition) is 1. The first kappa shape index (κ1) is 13.7. The lowest BCUT2D eigenvalue weighted by atomic mass is 9.76. The van der Waals surface area contributed by atoms with Crippen molar-refractivity contribution in [3.8, 4) is 0 Å². The summed E-state index contributed by atoms with van der Waals surface area (Å²) in [6.45, 7) is 10.8. The zero-order valence-corrected chi connectivity index (χ0v) is 11.0. The maximum atomic E-state index is 11.5. The second kappa shape index (κ2) is 4.90. The van der Waals surface area contributed by atoms with Crippen LogP contribution in [0.25, 0.3) is 0 Å².